The second-order valence-electron chi connectivity index (χ2n) is 7.23. The summed E-state index contributed by atoms with van der Waals surface area (Å²) in [5.41, 5.74) is 1.39. The fourth-order valence-electron chi connectivity index (χ4n) is 3.78. The Morgan fingerprint density at radius 1 is 1.13 bits per heavy atom. The Kier molecular flexibility index (Phi) is 4.68. The van der Waals surface area contributed by atoms with Crippen LogP contribution in [0, 0.1) is 5.92 Å². The molecule has 4 rings (SSSR count). The molecule has 2 heterocycles. The zero-order chi connectivity index (χ0) is 15.7. The molecule has 1 aliphatic carbocycles. The summed E-state index contributed by atoms with van der Waals surface area (Å²) in [6.45, 7) is 7.85. The topological polar surface area (TPSA) is 15.7 Å². The van der Waals surface area contributed by atoms with Crippen LogP contribution in [0.4, 0.5) is 0 Å². The molecule has 0 aromatic heterocycles. The normalized spacial score (nSPS) is 25.3. The number of likely N-dealkylation sites (tertiary alicyclic amines) is 1. The molecule has 0 atom stereocenters. The number of ether oxygens (including phenoxy) is 1. The first-order valence-electron chi connectivity index (χ1n) is 9.18. The second kappa shape index (κ2) is 6.75. The summed E-state index contributed by atoms with van der Waals surface area (Å²) in [5, 5.41) is 0. The predicted molar refractivity (Wildman–Crippen MR) is 95.5 cm³/mol. The number of aryl methyl sites for hydroxylation is 1. The summed E-state index contributed by atoms with van der Waals surface area (Å²) in [5.74, 6) is 0.996. The van der Waals surface area contributed by atoms with Crippen molar-refractivity contribution in [3.05, 3.63) is 29.8 Å². The van der Waals surface area contributed by atoms with Crippen molar-refractivity contribution in [2.45, 2.75) is 49.6 Å². The van der Waals surface area contributed by atoms with Crippen molar-refractivity contribution in [2.75, 3.05) is 32.8 Å². The maximum Gasteiger partial charge on any atom is 0.133 e. The molecular formula is C19H28N2OS. The minimum Gasteiger partial charge on any atom is -0.358 e. The van der Waals surface area contributed by atoms with Crippen LogP contribution in [-0.2, 0) is 11.2 Å². The van der Waals surface area contributed by atoms with Crippen molar-refractivity contribution in [1.29, 1.82) is 0 Å². The average Bonchev–Trinajstić information content (AvgIpc) is 3.33. The van der Waals surface area contributed by atoms with E-state index >= 15 is 0 Å². The summed E-state index contributed by atoms with van der Waals surface area (Å²) in [6, 6.07) is 9.03. The molecule has 1 spiro atoms. The van der Waals surface area contributed by atoms with Gasteiger partial charge in [0.1, 0.15) is 5.72 Å². The SMILES string of the molecule is CCc1ccc(SN2CCOC23CCN(CC2CC2)CC3)cc1. The number of piperidine rings is 1. The molecule has 1 saturated carbocycles. The lowest BCUT2D eigenvalue weighted by Crippen LogP contribution is -2.51. The van der Waals surface area contributed by atoms with Gasteiger partial charge < -0.3 is 9.64 Å². The molecule has 126 valence electrons. The standard InChI is InChI=1S/C19H28N2OS/c1-2-16-5-7-18(8-6-16)23-21-13-14-22-19(21)9-11-20(12-10-19)15-17-3-4-17/h5-8,17H,2-4,9-15H2,1H3. The predicted octanol–water partition coefficient (Wildman–Crippen LogP) is 3.79. The fourth-order valence-corrected chi connectivity index (χ4v) is 4.86. The van der Waals surface area contributed by atoms with E-state index in [4.69, 9.17) is 4.74 Å². The Balaban J connectivity index is 1.37. The summed E-state index contributed by atoms with van der Waals surface area (Å²) >= 11 is 1.89. The van der Waals surface area contributed by atoms with Crippen molar-refractivity contribution < 1.29 is 4.74 Å². The highest BCUT2D eigenvalue weighted by molar-refractivity contribution is 7.97. The lowest BCUT2D eigenvalue weighted by molar-refractivity contribution is -0.0881. The van der Waals surface area contributed by atoms with Gasteiger partial charge in [0, 0.05) is 43.9 Å². The highest BCUT2D eigenvalue weighted by atomic mass is 32.2. The van der Waals surface area contributed by atoms with Gasteiger partial charge in [0.2, 0.25) is 0 Å². The van der Waals surface area contributed by atoms with Crippen molar-refractivity contribution in [3.8, 4) is 0 Å². The summed E-state index contributed by atoms with van der Waals surface area (Å²) in [4.78, 5) is 4.00. The minimum absolute atomic E-state index is 0.0197. The molecule has 0 radical (unpaired) electrons. The number of benzene rings is 1. The van der Waals surface area contributed by atoms with E-state index in [2.05, 4.69) is 40.4 Å². The van der Waals surface area contributed by atoms with Crippen molar-refractivity contribution in [1.82, 2.24) is 9.21 Å². The minimum atomic E-state index is -0.0197. The molecule has 1 aromatic carbocycles. The largest absolute Gasteiger partial charge is 0.358 e. The van der Waals surface area contributed by atoms with Gasteiger partial charge >= 0.3 is 0 Å². The summed E-state index contributed by atoms with van der Waals surface area (Å²) < 4.78 is 8.77. The average molecular weight is 333 g/mol. The van der Waals surface area contributed by atoms with E-state index in [1.807, 2.05) is 11.9 Å². The quantitative estimate of drug-likeness (QED) is 0.762. The number of hydrogen-bond acceptors (Lipinski definition) is 4. The first-order valence-corrected chi connectivity index (χ1v) is 9.96. The zero-order valence-electron chi connectivity index (χ0n) is 14.2. The molecule has 3 nitrogen and oxygen atoms in total. The number of rotatable bonds is 5. The maximum atomic E-state index is 6.26. The third kappa shape index (κ3) is 3.60. The Bertz CT molecular complexity index is 521. The monoisotopic (exact) mass is 332 g/mol. The Hall–Kier alpha value is -0.550. The van der Waals surface area contributed by atoms with Gasteiger partial charge in [-0.05, 0) is 54.8 Å². The van der Waals surface area contributed by atoms with E-state index in [9.17, 15) is 0 Å². The third-order valence-corrected chi connectivity index (χ3v) is 6.74. The highest BCUT2D eigenvalue weighted by Gasteiger charge is 2.45. The molecule has 2 aliphatic heterocycles. The number of hydrogen-bond donors (Lipinski definition) is 0. The van der Waals surface area contributed by atoms with E-state index in [0.29, 0.717) is 0 Å². The first kappa shape index (κ1) is 15.9. The van der Waals surface area contributed by atoms with Gasteiger partial charge in [0.25, 0.3) is 0 Å². The lowest BCUT2D eigenvalue weighted by Gasteiger charge is -2.43. The molecular weight excluding hydrogens is 304 g/mol. The van der Waals surface area contributed by atoms with Gasteiger partial charge in [-0.1, -0.05) is 19.1 Å². The van der Waals surface area contributed by atoms with Crippen molar-refractivity contribution >= 4 is 11.9 Å². The van der Waals surface area contributed by atoms with Crippen molar-refractivity contribution in [3.63, 3.8) is 0 Å². The van der Waals surface area contributed by atoms with Crippen LogP contribution in [0.25, 0.3) is 0 Å². The van der Waals surface area contributed by atoms with Crippen LogP contribution >= 0.6 is 11.9 Å². The first-order chi connectivity index (χ1) is 11.3. The molecule has 0 amide bonds. The molecule has 3 aliphatic rings. The van der Waals surface area contributed by atoms with Crippen LogP contribution in [0.2, 0.25) is 0 Å². The van der Waals surface area contributed by atoms with Crippen LogP contribution in [0.5, 0.6) is 0 Å². The number of nitrogens with zero attached hydrogens (tertiary/aromatic N) is 2. The third-order valence-electron chi connectivity index (χ3n) is 5.52. The Morgan fingerprint density at radius 2 is 1.87 bits per heavy atom. The zero-order valence-corrected chi connectivity index (χ0v) is 15.0. The van der Waals surface area contributed by atoms with Gasteiger partial charge in [0.15, 0.2) is 0 Å². The van der Waals surface area contributed by atoms with Gasteiger partial charge in [-0.2, -0.15) is 0 Å². The summed E-state index contributed by atoms with van der Waals surface area (Å²) in [7, 11) is 0. The lowest BCUT2D eigenvalue weighted by atomic mass is 10.0. The molecule has 4 heteroatoms. The van der Waals surface area contributed by atoms with Gasteiger partial charge in [-0.3, -0.25) is 0 Å². The maximum absolute atomic E-state index is 6.26. The van der Waals surface area contributed by atoms with E-state index in [-0.39, 0.29) is 5.72 Å². The van der Waals surface area contributed by atoms with E-state index < -0.39 is 0 Å². The highest BCUT2D eigenvalue weighted by Crippen LogP contribution is 2.42. The smallest absolute Gasteiger partial charge is 0.133 e. The fraction of sp³-hybridized carbons (Fsp3) is 0.684. The van der Waals surface area contributed by atoms with Crippen LogP contribution in [0.3, 0.4) is 0 Å². The van der Waals surface area contributed by atoms with Gasteiger partial charge in [0.05, 0.1) is 6.61 Å². The van der Waals surface area contributed by atoms with Crippen LogP contribution in [0.1, 0.15) is 38.2 Å². The molecule has 3 fully saturated rings. The van der Waals surface area contributed by atoms with E-state index in [1.54, 1.807) is 0 Å². The molecule has 2 saturated heterocycles. The van der Waals surface area contributed by atoms with Gasteiger partial charge in [-0.25, -0.2) is 4.31 Å². The van der Waals surface area contributed by atoms with Crippen LogP contribution < -0.4 is 0 Å². The van der Waals surface area contributed by atoms with E-state index in [1.165, 1.54) is 42.9 Å². The Morgan fingerprint density at radius 3 is 2.52 bits per heavy atom. The van der Waals surface area contributed by atoms with Crippen molar-refractivity contribution in [2.24, 2.45) is 5.92 Å². The van der Waals surface area contributed by atoms with E-state index in [0.717, 1.165) is 38.3 Å². The summed E-state index contributed by atoms with van der Waals surface area (Å²) in [6.07, 6.45) is 6.32. The molecule has 0 N–H and O–H groups in total. The molecule has 0 bridgehead atoms. The van der Waals surface area contributed by atoms with Crippen LogP contribution in [-0.4, -0.2) is 47.7 Å². The molecule has 23 heavy (non-hydrogen) atoms. The molecule has 0 unspecified atom stereocenters. The molecule has 1 aromatic rings. The van der Waals surface area contributed by atoms with Gasteiger partial charge in [-0.15, -0.1) is 0 Å². The second-order valence-corrected chi connectivity index (χ2v) is 8.32. The van der Waals surface area contributed by atoms with Crippen LogP contribution in [0.15, 0.2) is 29.2 Å². The Labute approximate surface area is 144 Å².